The highest BCUT2D eigenvalue weighted by Gasteiger charge is 2.22. The Labute approximate surface area is 128 Å². The van der Waals surface area contributed by atoms with E-state index in [1.807, 2.05) is 0 Å². The summed E-state index contributed by atoms with van der Waals surface area (Å²) in [5.74, 6) is 0. The minimum absolute atomic E-state index is 0.434. The Balaban J connectivity index is 1.77. The molecule has 1 atom stereocenters. The number of nitrogens with one attached hydrogen (secondary N) is 1. The van der Waals surface area contributed by atoms with Gasteiger partial charge in [-0.05, 0) is 60.4 Å². The number of hydrogen-bond acceptors (Lipinski definition) is 2. The smallest absolute Gasteiger partial charge is 0.0519 e. The topological polar surface area (TPSA) is 15.3 Å². The van der Waals surface area contributed by atoms with Crippen molar-refractivity contribution in [3.8, 4) is 0 Å². The van der Waals surface area contributed by atoms with E-state index in [0.29, 0.717) is 6.04 Å². The van der Waals surface area contributed by atoms with Gasteiger partial charge in [-0.25, -0.2) is 0 Å². The monoisotopic (exact) mass is 330 g/mol. The molecule has 2 aromatic rings. The van der Waals surface area contributed by atoms with Crippen LogP contribution in [-0.4, -0.2) is 14.1 Å². The molecule has 0 saturated carbocycles. The molecule has 104 valence electrons. The molecule has 3 heteroatoms. The first kappa shape index (κ1) is 13.5. The molecule has 0 amide bonds. The molecule has 1 N–H and O–H groups in total. The van der Waals surface area contributed by atoms with E-state index < -0.39 is 0 Å². The maximum absolute atomic E-state index is 3.65. The van der Waals surface area contributed by atoms with Gasteiger partial charge in [-0.2, -0.15) is 0 Å². The molecule has 20 heavy (non-hydrogen) atoms. The Kier molecular flexibility index (Phi) is 3.70. The molecular formula is C17H19BrN2. The van der Waals surface area contributed by atoms with Crippen LogP contribution in [0.15, 0.2) is 46.9 Å². The molecule has 0 radical (unpaired) electrons. The highest BCUT2D eigenvalue weighted by Crippen LogP contribution is 2.35. The summed E-state index contributed by atoms with van der Waals surface area (Å²) in [6.07, 6.45) is 2.32. The molecule has 0 aliphatic heterocycles. The number of benzene rings is 2. The maximum atomic E-state index is 3.65. The van der Waals surface area contributed by atoms with E-state index >= 15 is 0 Å². The zero-order valence-electron chi connectivity index (χ0n) is 11.9. The molecule has 0 saturated heterocycles. The minimum Gasteiger partial charge on any atom is -0.378 e. The van der Waals surface area contributed by atoms with E-state index in [2.05, 4.69) is 82.7 Å². The van der Waals surface area contributed by atoms with Crippen molar-refractivity contribution in [3.05, 3.63) is 58.1 Å². The fraction of sp³-hybridized carbons (Fsp3) is 0.294. The van der Waals surface area contributed by atoms with Gasteiger partial charge in [0.25, 0.3) is 0 Å². The van der Waals surface area contributed by atoms with Gasteiger partial charge in [0.1, 0.15) is 0 Å². The summed E-state index contributed by atoms with van der Waals surface area (Å²) >= 11 is 3.55. The number of aryl methyl sites for hydroxylation is 1. The average molecular weight is 331 g/mol. The van der Waals surface area contributed by atoms with Crippen LogP contribution >= 0.6 is 15.9 Å². The van der Waals surface area contributed by atoms with E-state index in [1.54, 1.807) is 0 Å². The Morgan fingerprint density at radius 2 is 1.85 bits per heavy atom. The molecule has 1 unspecified atom stereocenters. The lowest BCUT2D eigenvalue weighted by Crippen LogP contribution is -2.09. The lowest BCUT2D eigenvalue weighted by molar-refractivity contribution is 0.762. The molecule has 0 heterocycles. The number of fused-ring (bicyclic) bond motifs is 1. The number of hydrogen-bond donors (Lipinski definition) is 1. The fourth-order valence-electron chi connectivity index (χ4n) is 2.79. The number of anilines is 2. The van der Waals surface area contributed by atoms with Gasteiger partial charge in [0, 0.05) is 29.9 Å². The van der Waals surface area contributed by atoms with E-state index in [-0.39, 0.29) is 0 Å². The van der Waals surface area contributed by atoms with Crippen LogP contribution < -0.4 is 10.2 Å². The quantitative estimate of drug-likeness (QED) is 0.883. The molecule has 2 aromatic carbocycles. The van der Waals surface area contributed by atoms with Crippen molar-refractivity contribution < 1.29 is 0 Å². The Bertz CT molecular complexity index is 605. The molecule has 1 aliphatic rings. The summed E-state index contributed by atoms with van der Waals surface area (Å²) < 4.78 is 1.17. The van der Waals surface area contributed by atoms with Crippen LogP contribution in [0.1, 0.15) is 23.6 Å². The highest BCUT2D eigenvalue weighted by atomic mass is 79.9. The lowest BCUT2D eigenvalue weighted by atomic mass is 10.1. The van der Waals surface area contributed by atoms with E-state index in [4.69, 9.17) is 0 Å². The summed E-state index contributed by atoms with van der Waals surface area (Å²) in [5.41, 5.74) is 5.31. The molecule has 2 nitrogen and oxygen atoms in total. The largest absolute Gasteiger partial charge is 0.378 e. The second kappa shape index (κ2) is 5.49. The molecule has 0 aromatic heterocycles. The Morgan fingerprint density at radius 3 is 2.55 bits per heavy atom. The summed E-state index contributed by atoms with van der Waals surface area (Å²) in [5, 5.41) is 3.65. The van der Waals surface area contributed by atoms with Crippen LogP contribution in [0.25, 0.3) is 0 Å². The zero-order valence-corrected chi connectivity index (χ0v) is 13.4. The summed E-state index contributed by atoms with van der Waals surface area (Å²) in [7, 11) is 4.13. The number of halogens is 1. The molecule has 1 aliphatic carbocycles. The minimum atomic E-state index is 0.434. The molecule has 0 bridgehead atoms. The van der Waals surface area contributed by atoms with Crippen molar-refractivity contribution in [1.82, 2.24) is 0 Å². The van der Waals surface area contributed by atoms with Gasteiger partial charge in [0.05, 0.1) is 6.04 Å². The number of nitrogens with zero attached hydrogens (tertiary/aromatic N) is 1. The van der Waals surface area contributed by atoms with Gasteiger partial charge >= 0.3 is 0 Å². The number of rotatable bonds is 3. The lowest BCUT2D eigenvalue weighted by Gasteiger charge is -2.17. The van der Waals surface area contributed by atoms with Crippen molar-refractivity contribution in [2.75, 3.05) is 24.3 Å². The van der Waals surface area contributed by atoms with Crippen LogP contribution in [0.3, 0.4) is 0 Å². The second-order valence-electron chi connectivity index (χ2n) is 5.52. The summed E-state index contributed by atoms with van der Waals surface area (Å²) in [6, 6.07) is 15.7. The standard InChI is InChI=1S/C17H19BrN2/c1-20(2)15-7-5-14(6-8-15)19-17-10-3-12-11-13(18)4-9-16(12)17/h4-9,11,17,19H,3,10H2,1-2H3. The third kappa shape index (κ3) is 2.68. The van der Waals surface area contributed by atoms with Crippen molar-refractivity contribution >= 4 is 27.3 Å². The van der Waals surface area contributed by atoms with Crippen molar-refractivity contribution in [2.24, 2.45) is 0 Å². The third-order valence-electron chi connectivity index (χ3n) is 3.91. The molecular weight excluding hydrogens is 312 g/mol. The first-order valence-corrected chi connectivity index (χ1v) is 7.75. The SMILES string of the molecule is CN(C)c1ccc(NC2CCc3cc(Br)ccc32)cc1. The highest BCUT2D eigenvalue weighted by molar-refractivity contribution is 9.10. The van der Waals surface area contributed by atoms with Crippen molar-refractivity contribution in [2.45, 2.75) is 18.9 Å². The fourth-order valence-corrected chi connectivity index (χ4v) is 3.20. The Hall–Kier alpha value is -1.48. The van der Waals surface area contributed by atoms with Gasteiger partial charge in [0.2, 0.25) is 0 Å². The molecule has 3 rings (SSSR count). The van der Waals surface area contributed by atoms with Gasteiger partial charge in [-0.1, -0.05) is 22.0 Å². The van der Waals surface area contributed by atoms with Crippen LogP contribution in [0.2, 0.25) is 0 Å². The van der Waals surface area contributed by atoms with Gasteiger partial charge in [-0.15, -0.1) is 0 Å². The van der Waals surface area contributed by atoms with E-state index in [0.717, 1.165) is 6.42 Å². The van der Waals surface area contributed by atoms with Crippen LogP contribution in [0.5, 0.6) is 0 Å². The second-order valence-corrected chi connectivity index (χ2v) is 6.44. The Morgan fingerprint density at radius 1 is 1.10 bits per heavy atom. The zero-order chi connectivity index (χ0) is 14.1. The average Bonchev–Trinajstić information content (AvgIpc) is 2.81. The van der Waals surface area contributed by atoms with E-state index in [1.165, 1.54) is 33.4 Å². The molecule has 0 spiro atoms. The van der Waals surface area contributed by atoms with E-state index in [9.17, 15) is 0 Å². The van der Waals surface area contributed by atoms with Crippen LogP contribution in [0.4, 0.5) is 11.4 Å². The third-order valence-corrected chi connectivity index (χ3v) is 4.40. The van der Waals surface area contributed by atoms with Crippen LogP contribution in [0, 0.1) is 0 Å². The van der Waals surface area contributed by atoms with Gasteiger partial charge in [0.15, 0.2) is 0 Å². The predicted octanol–water partition coefficient (Wildman–Crippen LogP) is 4.61. The predicted molar refractivity (Wildman–Crippen MR) is 89.6 cm³/mol. The van der Waals surface area contributed by atoms with Crippen molar-refractivity contribution in [3.63, 3.8) is 0 Å². The summed E-state index contributed by atoms with van der Waals surface area (Å²) in [4.78, 5) is 2.12. The first-order chi connectivity index (χ1) is 9.63. The first-order valence-electron chi connectivity index (χ1n) is 6.96. The maximum Gasteiger partial charge on any atom is 0.0519 e. The van der Waals surface area contributed by atoms with Gasteiger partial charge in [-0.3, -0.25) is 0 Å². The van der Waals surface area contributed by atoms with Crippen molar-refractivity contribution in [1.29, 1.82) is 0 Å². The molecule has 0 fully saturated rings. The summed E-state index contributed by atoms with van der Waals surface area (Å²) in [6.45, 7) is 0. The van der Waals surface area contributed by atoms with Gasteiger partial charge < -0.3 is 10.2 Å². The normalized spacial score (nSPS) is 16.9. The van der Waals surface area contributed by atoms with Crippen LogP contribution in [-0.2, 0) is 6.42 Å².